The van der Waals surface area contributed by atoms with E-state index in [-0.39, 0.29) is 17.7 Å². The van der Waals surface area contributed by atoms with Crippen LogP contribution < -0.4 is 10.2 Å². The Balaban J connectivity index is 1.55. The molecule has 1 atom stereocenters. The van der Waals surface area contributed by atoms with Gasteiger partial charge in [-0.3, -0.25) is 14.5 Å². The quantitative estimate of drug-likeness (QED) is 0.541. The minimum absolute atomic E-state index is 0.0165. The zero-order valence-corrected chi connectivity index (χ0v) is 17.3. The molecule has 0 heterocycles. The van der Waals surface area contributed by atoms with Crippen LogP contribution in [0.1, 0.15) is 25.3 Å². The Labute approximate surface area is 178 Å². The number of para-hydroxylation sites is 2. The molecule has 0 radical (unpaired) electrons. The summed E-state index contributed by atoms with van der Waals surface area (Å²) in [5, 5.41) is 2.96. The SMILES string of the molecule is C[C@H](CC(=O)NCCc1ccccc1)CC(=O)N(c1ccccc1)c1ccccc1. The summed E-state index contributed by atoms with van der Waals surface area (Å²) in [6.45, 7) is 2.55. The Hall–Kier alpha value is -3.40. The summed E-state index contributed by atoms with van der Waals surface area (Å²) in [4.78, 5) is 27.2. The molecular formula is C26H28N2O2. The van der Waals surface area contributed by atoms with Crippen LogP contribution in [-0.2, 0) is 16.0 Å². The molecule has 0 saturated carbocycles. The van der Waals surface area contributed by atoms with Gasteiger partial charge in [-0.1, -0.05) is 73.7 Å². The molecule has 3 aromatic rings. The van der Waals surface area contributed by atoms with Crippen molar-refractivity contribution >= 4 is 23.2 Å². The Bertz CT molecular complexity index is 888. The second kappa shape index (κ2) is 11.0. The molecule has 0 spiro atoms. The van der Waals surface area contributed by atoms with Gasteiger partial charge in [-0.15, -0.1) is 0 Å². The van der Waals surface area contributed by atoms with E-state index >= 15 is 0 Å². The highest BCUT2D eigenvalue weighted by atomic mass is 16.2. The normalized spacial score (nSPS) is 11.5. The largest absolute Gasteiger partial charge is 0.356 e. The highest BCUT2D eigenvalue weighted by molar-refractivity contribution is 6.00. The van der Waals surface area contributed by atoms with Gasteiger partial charge >= 0.3 is 0 Å². The summed E-state index contributed by atoms with van der Waals surface area (Å²) in [5.41, 5.74) is 2.85. The average molecular weight is 401 g/mol. The first-order valence-corrected chi connectivity index (χ1v) is 10.4. The number of rotatable bonds is 9. The monoisotopic (exact) mass is 400 g/mol. The Morgan fingerprint density at radius 1 is 0.767 bits per heavy atom. The minimum atomic E-state index is -0.0517. The zero-order chi connectivity index (χ0) is 21.2. The summed E-state index contributed by atoms with van der Waals surface area (Å²) in [6.07, 6.45) is 1.43. The van der Waals surface area contributed by atoms with Gasteiger partial charge < -0.3 is 5.32 Å². The van der Waals surface area contributed by atoms with E-state index in [1.54, 1.807) is 4.90 Å². The number of nitrogens with zero attached hydrogens (tertiary/aromatic N) is 1. The van der Waals surface area contributed by atoms with Crippen LogP contribution in [0.15, 0.2) is 91.0 Å². The Morgan fingerprint density at radius 3 is 1.80 bits per heavy atom. The van der Waals surface area contributed by atoms with Gasteiger partial charge in [-0.2, -0.15) is 0 Å². The average Bonchev–Trinajstić information content (AvgIpc) is 2.76. The number of carbonyl (C=O) groups excluding carboxylic acids is 2. The van der Waals surface area contributed by atoms with E-state index in [0.717, 1.165) is 17.8 Å². The van der Waals surface area contributed by atoms with Crippen molar-refractivity contribution in [2.75, 3.05) is 11.4 Å². The topological polar surface area (TPSA) is 49.4 Å². The van der Waals surface area contributed by atoms with Gasteiger partial charge in [0.2, 0.25) is 11.8 Å². The molecule has 154 valence electrons. The third kappa shape index (κ3) is 6.31. The van der Waals surface area contributed by atoms with Crippen molar-refractivity contribution in [3.05, 3.63) is 96.6 Å². The van der Waals surface area contributed by atoms with Crippen molar-refractivity contribution in [1.82, 2.24) is 5.32 Å². The van der Waals surface area contributed by atoms with Crippen LogP contribution in [-0.4, -0.2) is 18.4 Å². The first-order chi connectivity index (χ1) is 14.6. The first kappa shape index (κ1) is 21.3. The molecule has 4 heteroatoms. The highest BCUT2D eigenvalue weighted by Gasteiger charge is 2.21. The van der Waals surface area contributed by atoms with Crippen LogP contribution >= 0.6 is 0 Å². The fourth-order valence-corrected chi connectivity index (χ4v) is 3.43. The van der Waals surface area contributed by atoms with Crippen molar-refractivity contribution in [2.24, 2.45) is 5.92 Å². The molecule has 0 aliphatic carbocycles. The Kier molecular flexibility index (Phi) is 7.78. The lowest BCUT2D eigenvalue weighted by Crippen LogP contribution is -2.30. The van der Waals surface area contributed by atoms with Gasteiger partial charge in [-0.05, 0) is 42.2 Å². The maximum Gasteiger partial charge on any atom is 0.231 e. The molecule has 0 aromatic heterocycles. The summed E-state index contributed by atoms with van der Waals surface area (Å²) in [5.74, 6) is -0.0849. The first-order valence-electron chi connectivity index (χ1n) is 10.4. The molecule has 3 rings (SSSR count). The van der Waals surface area contributed by atoms with E-state index in [9.17, 15) is 9.59 Å². The molecule has 0 aliphatic heterocycles. The van der Waals surface area contributed by atoms with Crippen molar-refractivity contribution in [1.29, 1.82) is 0 Å². The van der Waals surface area contributed by atoms with Gasteiger partial charge in [0.1, 0.15) is 0 Å². The van der Waals surface area contributed by atoms with Crippen molar-refractivity contribution in [2.45, 2.75) is 26.2 Å². The Morgan fingerprint density at radius 2 is 1.27 bits per heavy atom. The van der Waals surface area contributed by atoms with Gasteiger partial charge in [0, 0.05) is 30.8 Å². The number of benzene rings is 3. The number of carbonyl (C=O) groups is 2. The summed E-state index contributed by atoms with van der Waals surface area (Å²) in [7, 11) is 0. The molecule has 1 N–H and O–H groups in total. The van der Waals surface area contributed by atoms with E-state index in [1.165, 1.54) is 5.56 Å². The smallest absolute Gasteiger partial charge is 0.231 e. The lowest BCUT2D eigenvalue weighted by Gasteiger charge is -2.24. The third-order valence-corrected chi connectivity index (χ3v) is 4.91. The molecule has 0 bridgehead atoms. The predicted molar refractivity (Wildman–Crippen MR) is 122 cm³/mol. The standard InChI is InChI=1S/C26H28N2O2/c1-21(19-25(29)27-18-17-22-11-5-2-6-12-22)20-26(30)28(23-13-7-3-8-14-23)24-15-9-4-10-16-24/h2-16,21H,17-20H2,1H3,(H,27,29)/t21-/m1/s1. The number of hydrogen-bond acceptors (Lipinski definition) is 2. The van der Waals surface area contributed by atoms with E-state index in [1.807, 2.05) is 85.8 Å². The maximum atomic E-state index is 13.1. The predicted octanol–water partition coefficient (Wildman–Crippen LogP) is 5.13. The molecule has 4 nitrogen and oxygen atoms in total. The van der Waals surface area contributed by atoms with Crippen LogP contribution in [0.5, 0.6) is 0 Å². The summed E-state index contributed by atoms with van der Waals surface area (Å²) in [6, 6.07) is 29.3. The fourth-order valence-electron chi connectivity index (χ4n) is 3.43. The second-order valence-corrected chi connectivity index (χ2v) is 7.50. The number of nitrogens with one attached hydrogen (secondary N) is 1. The van der Waals surface area contributed by atoms with E-state index in [4.69, 9.17) is 0 Å². The molecule has 3 aromatic carbocycles. The van der Waals surface area contributed by atoms with Crippen LogP contribution in [0.25, 0.3) is 0 Å². The van der Waals surface area contributed by atoms with Crippen LogP contribution in [0.3, 0.4) is 0 Å². The molecule has 0 unspecified atom stereocenters. The van der Waals surface area contributed by atoms with Crippen molar-refractivity contribution in [3.8, 4) is 0 Å². The molecular weight excluding hydrogens is 372 g/mol. The zero-order valence-electron chi connectivity index (χ0n) is 17.3. The molecule has 0 aliphatic rings. The van der Waals surface area contributed by atoms with Gasteiger partial charge in [-0.25, -0.2) is 0 Å². The fraction of sp³-hybridized carbons (Fsp3) is 0.231. The third-order valence-electron chi connectivity index (χ3n) is 4.91. The highest BCUT2D eigenvalue weighted by Crippen LogP contribution is 2.27. The van der Waals surface area contributed by atoms with Crippen molar-refractivity contribution < 1.29 is 9.59 Å². The molecule has 0 saturated heterocycles. The lowest BCUT2D eigenvalue weighted by molar-refractivity contribution is -0.122. The van der Waals surface area contributed by atoms with Crippen LogP contribution in [0.4, 0.5) is 11.4 Å². The van der Waals surface area contributed by atoms with E-state index in [2.05, 4.69) is 17.4 Å². The van der Waals surface area contributed by atoms with Gasteiger partial charge in [0.15, 0.2) is 0 Å². The second-order valence-electron chi connectivity index (χ2n) is 7.50. The van der Waals surface area contributed by atoms with Gasteiger partial charge in [0.25, 0.3) is 0 Å². The molecule has 0 fully saturated rings. The van der Waals surface area contributed by atoms with Crippen LogP contribution in [0.2, 0.25) is 0 Å². The van der Waals surface area contributed by atoms with E-state index in [0.29, 0.717) is 19.4 Å². The van der Waals surface area contributed by atoms with Crippen molar-refractivity contribution in [3.63, 3.8) is 0 Å². The van der Waals surface area contributed by atoms with E-state index < -0.39 is 0 Å². The maximum absolute atomic E-state index is 13.1. The number of amides is 2. The lowest BCUT2D eigenvalue weighted by atomic mass is 10.0. The minimum Gasteiger partial charge on any atom is -0.356 e. The summed E-state index contributed by atoms with van der Waals surface area (Å²) < 4.78 is 0. The number of anilines is 2. The van der Waals surface area contributed by atoms with Crippen LogP contribution in [0, 0.1) is 5.92 Å². The number of hydrogen-bond donors (Lipinski definition) is 1. The van der Waals surface area contributed by atoms with Gasteiger partial charge in [0.05, 0.1) is 0 Å². The molecule has 2 amide bonds. The summed E-state index contributed by atoms with van der Waals surface area (Å²) >= 11 is 0. The molecule has 30 heavy (non-hydrogen) atoms.